The van der Waals surface area contributed by atoms with Crippen molar-refractivity contribution in [3.63, 3.8) is 0 Å². The lowest BCUT2D eigenvalue weighted by Crippen LogP contribution is -2.11. The third-order valence-electron chi connectivity index (χ3n) is 5.54. The topological polar surface area (TPSA) is 61.2 Å². The van der Waals surface area contributed by atoms with Gasteiger partial charge in [0, 0.05) is 28.4 Å². The Kier molecular flexibility index (Phi) is 4.74. The summed E-state index contributed by atoms with van der Waals surface area (Å²) in [6.07, 6.45) is -3.29. The second-order valence-electron chi connectivity index (χ2n) is 7.59. The van der Waals surface area contributed by atoms with Gasteiger partial charge < -0.3 is 14.7 Å². The molecule has 2 N–H and O–H groups in total. The number of hydrogen-bond acceptors (Lipinski definition) is 2. The lowest BCUT2D eigenvalue weighted by atomic mass is 10.0. The zero-order valence-corrected chi connectivity index (χ0v) is 16.9. The second-order valence-corrected chi connectivity index (χ2v) is 7.59. The van der Waals surface area contributed by atoms with Crippen molar-refractivity contribution in [1.82, 2.24) is 4.57 Å². The van der Waals surface area contributed by atoms with E-state index in [0.29, 0.717) is 33.1 Å². The number of rotatable bonds is 4. The molecule has 1 radical (unpaired) electrons. The van der Waals surface area contributed by atoms with E-state index in [-0.39, 0.29) is 17.7 Å². The van der Waals surface area contributed by atoms with Crippen LogP contribution in [0.4, 0.5) is 17.6 Å². The first kappa shape index (κ1) is 20.8. The summed E-state index contributed by atoms with van der Waals surface area (Å²) in [5, 5.41) is 1.14. The van der Waals surface area contributed by atoms with Crippen LogP contribution < -0.4 is 5.73 Å². The average Bonchev–Trinajstić information content (AvgIpc) is 3.41. The fraction of sp³-hybridized carbons (Fsp3) is 0.0800. The normalized spacial score (nSPS) is 12.0. The molecule has 4 nitrogen and oxygen atoms in total. The van der Waals surface area contributed by atoms with Crippen molar-refractivity contribution in [2.75, 3.05) is 0 Å². The summed E-state index contributed by atoms with van der Waals surface area (Å²) >= 11 is 0. The molecule has 2 heterocycles. The van der Waals surface area contributed by atoms with Gasteiger partial charge in [0.2, 0.25) is 5.91 Å². The van der Waals surface area contributed by atoms with Gasteiger partial charge in [-0.3, -0.25) is 4.79 Å². The zero-order valence-electron chi connectivity index (χ0n) is 16.9. The molecule has 8 heteroatoms. The quantitative estimate of drug-likeness (QED) is 0.333. The summed E-state index contributed by atoms with van der Waals surface area (Å²) in [5.74, 6) is -1.39. The molecular formula is C25H15F4N2O2. The number of hydrogen-bond donors (Lipinski definition) is 1. The third-order valence-corrected chi connectivity index (χ3v) is 5.54. The van der Waals surface area contributed by atoms with Gasteiger partial charge in [-0.05, 0) is 60.2 Å². The molecule has 3 aromatic carbocycles. The predicted octanol–water partition coefficient (Wildman–Crippen LogP) is 6.16. The Balaban J connectivity index is 1.77. The smallest absolute Gasteiger partial charge is 0.419 e. The number of furan rings is 1. The van der Waals surface area contributed by atoms with Crippen LogP contribution in [0, 0.1) is 11.9 Å². The number of aromatic nitrogens is 1. The van der Waals surface area contributed by atoms with Gasteiger partial charge in [0.05, 0.1) is 22.9 Å². The summed E-state index contributed by atoms with van der Waals surface area (Å²) in [6, 6.07) is 18.1. The first-order chi connectivity index (χ1) is 15.7. The number of nitrogens with two attached hydrogens (primary N) is 1. The van der Waals surface area contributed by atoms with Crippen molar-refractivity contribution < 1.29 is 26.8 Å². The molecule has 0 aliphatic carbocycles. The highest BCUT2D eigenvalue weighted by molar-refractivity contribution is 6.18. The van der Waals surface area contributed by atoms with E-state index < -0.39 is 23.5 Å². The molecule has 0 unspecified atom stereocenters. The van der Waals surface area contributed by atoms with E-state index in [0.717, 1.165) is 12.1 Å². The SMILES string of the molecule is NC(=O)c1cccc2c1c1[c]cc(-c3ccco3)cc1n2Cc1ccc(F)c(C(F)(F)F)c1. The largest absolute Gasteiger partial charge is 0.464 e. The summed E-state index contributed by atoms with van der Waals surface area (Å²) in [7, 11) is 0. The number of fused-ring (bicyclic) bond motifs is 3. The number of carbonyl (C=O) groups excluding carboxylic acids is 1. The highest BCUT2D eigenvalue weighted by atomic mass is 19.4. The van der Waals surface area contributed by atoms with Crippen LogP contribution in [0.25, 0.3) is 33.1 Å². The Morgan fingerprint density at radius 3 is 2.58 bits per heavy atom. The molecule has 0 atom stereocenters. The van der Waals surface area contributed by atoms with Crippen LogP contribution in [0.3, 0.4) is 0 Å². The van der Waals surface area contributed by atoms with Crippen molar-refractivity contribution in [1.29, 1.82) is 0 Å². The number of nitrogens with zero attached hydrogens (tertiary/aromatic N) is 1. The van der Waals surface area contributed by atoms with Crippen LogP contribution >= 0.6 is 0 Å². The molecule has 5 aromatic rings. The van der Waals surface area contributed by atoms with E-state index in [2.05, 4.69) is 6.07 Å². The van der Waals surface area contributed by atoms with E-state index in [1.807, 2.05) is 6.07 Å². The molecule has 0 aliphatic heterocycles. The molecular weight excluding hydrogens is 436 g/mol. The number of carbonyl (C=O) groups is 1. The molecule has 33 heavy (non-hydrogen) atoms. The van der Waals surface area contributed by atoms with Crippen molar-refractivity contribution >= 4 is 27.7 Å². The fourth-order valence-electron chi connectivity index (χ4n) is 4.09. The first-order valence-corrected chi connectivity index (χ1v) is 9.90. The summed E-state index contributed by atoms with van der Waals surface area (Å²) in [4.78, 5) is 12.1. The van der Waals surface area contributed by atoms with E-state index in [9.17, 15) is 22.4 Å². The number of halogens is 4. The van der Waals surface area contributed by atoms with E-state index in [1.54, 1.807) is 41.0 Å². The Bertz CT molecular complexity index is 1520. The minimum atomic E-state index is -4.82. The molecule has 0 saturated carbocycles. The molecule has 1 amide bonds. The molecule has 165 valence electrons. The van der Waals surface area contributed by atoms with Crippen LogP contribution in [-0.2, 0) is 12.7 Å². The minimum Gasteiger partial charge on any atom is -0.464 e. The number of amides is 1. The van der Waals surface area contributed by atoms with Crippen molar-refractivity contribution in [2.24, 2.45) is 5.73 Å². The fourth-order valence-corrected chi connectivity index (χ4v) is 4.09. The summed E-state index contributed by atoms with van der Waals surface area (Å²) < 4.78 is 60.8. The number of benzene rings is 3. The van der Waals surface area contributed by atoms with Crippen LogP contribution in [0.5, 0.6) is 0 Å². The van der Waals surface area contributed by atoms with Crippen LogP contribution in [-0.4, -0.2) is 10.5 Å². The highest BCUT2D eigenvalue weighted by Gasteiger charge is 2.34. The van der Waals surface area contributed by atoms with Crippen LogP contribution in [0.1, 0.15) is 21.5 Å². The lowest BCUT2D eigenvalue weighted by molar-refractivity contribution is -0.140. The maximum absolute atomic E-state index is 13.8. The molecule has 0 spiro atoms. The van der Waals surface area contributed by atoms with Gasteiger partial charge >= 0.3 is 6.18 Å². The Labute approximate surface area is 184 Å². The number of alkyl halides is 3. The van der Waals surface area contributed by atoms with Gasteiger partial charge in [0.25, 0.3) is 0 Å². The van der Waals surface area contributed by atoms with Crippen LogP contribution in [0.15, 0.2) is 71.3 Å². The first-order valence-electron chi connectivity index (χ1n) is 9.90. The number of primary amides is 1. The van der Waals surface area contributed by atoms with Gasteiger partial charge in [-0.2, -0.15) is 13.2 Å². The van der Waals surface area contributed by atoms with E-state index in [1.165, 1.54) is 12.3 Å². The molecule has 0 aliphatic rings. The minimum absolute atomic E-state index is 0.00102. The van der Waals surface area contributed by atoms with Gasteiger partial charge in [-0.1, -0.05) is 12.1 Å². The van der Waals surface area contributed by atoms with Crippen molar-refractivity contribution in [3.05, 3.63) is 95.5 Å². The monoisotopic (exact) mass is 451 g/mol. The van der Waals surface area contributed by atoms with Crippen LogP contribution in [0.2, 0.25) is 0 Å². The lowest BCUT2D eigenvalue weighted by Gasteiger charge is -2.12. The predicted molar refractivity (Wildman–Crippen MR) is 115 cm³/mol. The average molecular weight is 451 g/mol. The van der Waals surface area contributed by atoms with Crippen molar-refractivity contribution in [2.45, 2.75) is 12.7 Å². The van der Waals surface area contributed by atoms with E-state index in [4.69, 9.17) is 10.2 Å². The Morgan fingerprint density at radius 1 is 1.06 bits per heavy atom. The molecule has 2 aromatic heterocycles. The van der Waals surface area contributed by atoms with Gasteiger partial charge in [0.15, 0.2) is 0 Å². The maximum Gasteiger partial charge on any atom is 0.419 e. The Morgan fingerprint density at radius 2 is 1.88 bits per heavy atom. The zero-order chi connectivity index (χ0) is 23.3. The van der Waals surface area contributed by atoms with E-state index >= 15 is 0 Å². The standard InChI is InChI=1S/C25H15F4N2O2/c26-19-9-6-14(11-18(19)25(27,28)29)13-31-20-4-1-3-17(24(30)32)23(20)16-8-7-15(12-21(16)31)22-5-2-10-33-22/h1-7,9-12H,13H2,(H2,30,32). The van der Waals surface area contributed by atoms with Gasteiger partial charge in [0.1, 0.15) is 11.6 Å². The highest BCUT2D eigenvalue weighted by Crippen LogP contribution is 2.36. The third kappa shape index (κ3) is 3.53. The van der Waals surface area contributed by atoms with Gasteiger partial charge in [-0.25, -0.2) is 4.39 Å². The Hall–Kier alpha value is -4.07. The summed E-state index contributed by atoms with van der Waals surface area (Å²) in [6.45, 7) is 0.00102. The molecule has 0 bridgehead atoms. The molecule has 0 saturated heterocycles. The molecule has 0 fully saturated rings. The summed E-state index contributed by atoms with van der Waals surface area (Å²) in [5.41, 5.74) is 6.67. The molecule has 5 rings (SSSR count). The van der Waals surface area contributed by atoms with Gasteiger partial charge in [-0.15, -0.1) is 0 Å². The maximum atomic E-state index is 13.8. The van der Waals surface area contributed by atoms with Crippen molar-refractivity contribution in [3.8, 4) is 11.3 Å². The second kappa shape index (κ2) is 7.51.